The smallest absolute Gasteiger partial charge is 0.0806 e. The van der Waals surface area contributed by atoms with Gasteiger partial charge in [-0.25, -0.2) is 0 Å². The van der Waals surface area contributed by atoms with Crippen LogP contribution in [0.1, 0.15) is 32.6 Å². The van der Waals surface area contributed by atoms with Gasteiger partial charge in [-0.3, -0.25) is 0 Å². The van der Waals surface area contributed by atoms with Crippen LogP contribution in [0.25, 0.3) is 0 Å². The molecular formula is C10H19NO. The molecule has 0 bridgehead atoms. The molecule has 0 amide bonds. The molecule has 2 heteroatoms. The van der Waals surface area contributed by atoms with Crippen LogP contribution in [0.5, 0.6) is 0 Å². The van der Waals surface area contributed by atoms with Crippen LogP contribution in [0.4, 0.5) is 0 Å². The predicted octanol–water partition coefficient (Wildman–Crippen LogP) is 1.46. The molecule has 0 aromatic heterocycles. The molecule has 0 spiro atoms. The highest BCUT2D eigenvalue weighted by molar-refractivity contribution is 4.94. The molecule has 1 atom stereocenters. The molecule has 0 aliphatic carbocycles. The maximum absolute atomic E-state index is 9.98. The molecule has 70 valence electrons. The van der Waals surface area contributed by atoms with Gasteiger partial charge in [0.2, 0.25) is 0 Å². The zero-order valence-electron chi connectivity index (χ0n) is 7.84. The van der Waals surface area contributed by atoms with Gasteiger partial charge in [0.1, 0.15) is 0 Å². The lowest BCUT2D eigenvalue weighted by Gasteiger charge is -2.31. The van der Waals surface area contributed by atoms with Crippen molar-refractivity contribution in [3.05, 3.63) is 12.2 Å². The van der Waals surface area contributed by atoms with E-state index in [0.29, 0.717) is 0 Å². The Morgan fingerprint density at radius 1 is 1.50 bits per heavy atom. The fourth-order valence-corrected chi connectivity index (χ4v) is 1.60. The standard InChI is InChI=1S/C10H19NO/c1-2-3-4-6-10(12)7-5-8-11-9-10/h3-4,11-12H,2,5-9H2,1H3/b4-3+. The maximum Gasteiger partial charge on any atom is 0.0806 e. The fraction of sp³-hybridized carbons (Fsp3) is 0.800. The van der Waals surface area contributed by atoms with Crippen molar-refractivity contribution in [2.75, 3.05) is 13.1 Å². The Bertz CT molecular complexity index is 148. The van der Waals surface area contributed by atoms with E-state index in [1.165, 1.54) is 0 Å². The number of hydrogen-bond donors (Lipinski definition) is 2. The van der Waals surface area contributed by atoms with Gasteiger partial charge < -0.3 is 10.4 Å². The van der Waals surface area contributed by atoms with E-state index in [0.717, 1.165) is 38.8 Å². The highest BCUT2D eigenvalue weighted by Gasteiger charge is 2.27. The van der Waals surface area contributed by atoms with Gasteiger partial charge in [-0.1, -0.05) is 19.1 Å². The quantitative estimate of drug-likeness (QED) is 0.627. The lowest BCUT2D eigenvalue weighted by atomic mass is 9.91. The van der Waals surface area contributed by atoms with E-state index in [-0.39, 0.29) is 0 Å². The van der Waals surface area contributed by atoms with E-state index in [2.05, 4.69) is 24.4 Å². The van der Waals surface area contributed by atoms with Crippen molar-refractivity contribution in [3.63, 3.8) is 0 Å². The third-order valence-electron chi connectivity index (χ3n) is 2.35. The minimum atomic E-state index is -0.468. The highest BCUT2D eigenvalue weighted by atomic mass is 16.3. The number of hydrogen-bond acceptors (Lipinski definition) is 2. The predicted molar refractivity (Wildman–Crippen MR) is 51.1 cm³/mol. The van der Waals surface area contributed by atoms with Crippen molar-refractivity contribution in [2.45, 2.75) is 38.2 Å². The van der Waals surface area contributed by atoms with Gasteiger partial charge >= 0.3 is 0 Å². The van der Waals surface area contributed by atoms with Crippen LogP contribution in [0.3, 0.4) is 0 Å². The van der Waals surface area contributed by atoms with E-state index < -0.39 is 5.60 Å². The first-order chi connectivity index (χ1) is 5.77. The van der Waals surface area contributed by atoms with Crippen LogP contribution in [0.2, 0.25) is 0 Å². The van der Waals surface area contributed by atoms with E-state index >= 15 is 0 Å². The molecule has 1 rings (SSSR count). The van der Waals surface area contributed by atoms with Crippen LogP contribution in [0, 0.1) is 0 Å². The van der Waals surface area contributed by atoms with Crippen LogP contribution in [-0.4, -0.2) is 23.8 Å². The number of rotatable bonds is 3. The topological polar surface area (TPSA) is 32.3 Å². The summed E-state index contributed by atoms with van der Waals surface area (Å²) in [7, 11) is 0. The minimum absolute atomic E-state index is 0.468. The lowest BCUT2D eigenvalue weighted by molar-refractivity contribution is 0.0194. The fourth-order valence-electron chi connectivity index (χ4n) is 1.60. The lowest BCUT2D eigenvalue weighted by Crippen LogP contribution is -2.45. The molecule has 2 nitrogen and oxygen atoms in total. The summed E-state index contributed by atoms with van der Waals surface area (Å²) in [5.41, 5.74) is -0.468. The molecule has 1 aliphatic rings. The van der Waals surface area contributed by atoms with Gasteiger partial charge in [-0.15, -0.1) is 0 Å². The van der Waals surface area contributed by atoms with Crippen LogP contribution in [-0.2, 0) is 0 Å². The number of piperidine rings is 1. The molecule has 1 heterocycles. The summed E-state index contributed by atoms with van der Waals surface area (Å²) < 4.78 is 0. The Kier molecular flexibility index (Phi) is 3.76. The second-order valence-electron chi connectivity index (χ2n) is 3.59. The number of nitrogens with one attached hydrogen (secondary N) is 1. The van der Waals surface area contributed by atoms with Crippen LogP contribution in [0.15, 0.2) is 12.2 Å². The Morgan fingerprint density at radius 3 is 2.92 bits per heavy atom. The number of allylic oxidation sites excluding steroid dienone is 1. The van der Waals surface area contributed by atoms with Crippen molar-refractivity contribution in [3.8, 4) is 0 Å². The molecule has 0 saturated carbocycles. The van der Waals surface area contributed by atoms with Crippen molar-refractivity contribution in [1.29, 1.82) is 0 Å². The summed E-state index contributed by atoms with van der Waals surface area (Å²) in [6, 6.07) is 0. The molecule has 2 N–H and O–H groups in total. The molecule has 0 aromatic rings. The van der Waals surface area contributed by atoms with Gasteiger partial charge in [-0.05, 0) is 32.2 Å². The summed E-state index contributed by atoms with van der Waals surface area (Å²) in [5, 5.41) is 13.2. The zero-order valence-corrected chi connectivity index (χ0v) is 7.84. The van der Waals surface area contributed by atoms with Crippen LogP contribution >= 0.6 is 0 Å². The monoisotopic (exact) mass is 169 g/mol. The molecule has 0 radical (unpaired) electrons. The Morgan fingerprint density at radius 2 is 2.33 bits per heavy atom. The first-order valence-electron chi connectivity index (χ1n) is 4.85. The first-order valence-corrected chi connectivity index (χ1v) is 4.85. The average Bonchev–Trinajstić information content (AvgIpc) is 2.06. The molecule has 12 heavy (non-hydrogen) atoms. The van der Waals surface area contributed by atoms with Gasteiger partial charge in [0.05, 0.1) is 5.60 Å². The molecule has 1 unspecified atom stereocenters. The van der Waals surface area contributed by atoms with Gasteiger partial charge in [0, 0.05) is 6.54 Å². The zero-order chi connectivity index (χ0) is 8.86. The minimum Gasteiger partial charge on any atom is -0.388 e. The number of β-amino-alcohol motifs (C(OH)–C–C–N with tert-alkyl or cyclic N) is 1. The largest absolute Gasteiger partial charge is 0.388 e. The van der Waals surface area contributed by atoms with Gasteiger partial charge in [0.15, 0.2) is 0 Å². The Hall–Kier alpha value is -0.340. The van der Waals surface area contributed by atoms with Crippen molar-refractivity contribution < 1.29 is 5.11 Å². The third-order valence-corrected chi connectivity index (χ3v) is 2.35. The van der Waals surface area contributed by atoms with E-state index in [9.17, 15) is 5.11 Å². The number of aliphatic hydroxyl groups is 1. The second kappa shape index (κ2) is 4.63. The molecule has 0 aromatic carbocycles. The maximum atomic E-state index is 9.98. The second-order valence-corrected chi connectivity index (χ2v) is 3.59. The normalized spacial score (nSPS) is 31.2. The first kappa shape index (κ1) is 9.75. The highest BCUT2D eigenvalue weighted by Crippen LogP contribution is 2.20. The summed E-state index contributed by atoms with van der Waals surface area (Å²) >= 11 is 0. The SMILES string of the molecule is CC/C=C/CC1(O)CCCNC1. The summed E-state index contributed by atoms with van der Waals surface area (Å²) in [5.74, 6) is 0. The summed E-state index contributed by atoms with van der Waals surface area (Å²) in [6.07, 6.45) is 8.10. The third kappa shape index (κ3) is 2.95. The van der Waals surface area contributed by atoms with Crippen molar-refractivity contribution in [1.82, 2.24) is 5.32 Å². The molecule has 1 aliphatic heterocycles. The summed E-state index contributed by atoms with van der Waals surface area (Å²) in [4.78, 5) is 0. The molecule has 1 saturated heterocycles. The summed E-state index contributed by atoms with van der Waals surface area (Å²) in [6.45, 7) is 3.92. The Balaban J connectivity index is 2.31. The van der Waals surface area contributed by atoms with Crippen LogP contribution < -0.4 is 5.32 Å². The van der Waals surface area contributed by atoms with E-state index in [1.54, 1.807) is 0 Å². The van der Waals surface area contributed by atoms with Gasteiger partial charge in [-0.2, -0.15) is 0 Å². The Labute approximate surface area is 74.7 Å². The van der Waals surface area contributed by atoms with Crippen molar-refractivity contribution in [2.24, 2.45) is 0 Å². The average molecular weight is 169 g/mol. The van der Waals surface area contributed by atoms with Gasteiger partial charge in [0.25, 0.3) is 0 Å². The molecule has 1 fully saturated rings. The van der Waals surface area contributed by atoms with Crippen molar-refractivity contribution >= 4 is 0 Å². The van der Waals surface area contributed by atoms with E-state index in [1.807, 2.05) is 0 Å². The van der Waals surface area contributed by atoms with E-state index in [4.69, 9.17) is 0 Å². The molecular weight excluding hydrogens is 150 g/mol.